The fourth-order valence-corrected chi connectivity index (χ4v) is 0.450. The van der Waals surface area contributed by atoms with Gasteiger partial charge in [0.05, 0.1) is 0 Å². The molecule has 0 aliphatic carbocycles. The number of hydrogen-bond donors (Lipinski definition) is 0. The number of hydrogen-bond acceptors (Lipinski definition) is 0. The maximum absolute atomic E-state index is 2.91. The molecule has 0 aromatic carbocycles. The first kappa shape index (κ1) is 2.24. The lowest BCUT2D eigenvalue weighted by Crippen LogP contribution is -1.22. The molecule has 1 aliphatic heterocycles. The highest BCUT2D eigenvalue weighted by molar-refractivity contribution is 7.73. The van der Waals surface area contributed by atoms with Gasteiger partial charge in [0.1, 0.15) is 0 Å². The van der Waals surface area contributed by atoms with Gasteiger partial charge < -0.3 is 0 Å². The summed E-state index contributed by atoms with van der Waals surface area (Å²) in [4.78, 5) is 0. The van der Waals surface area contributed by atoms with Crippen LogP contribution in [0.25, 0.3) is 0 Å². The lowest BCUT2D eigenvalue weighted by Gasteiger charge is -1.56. The highest BCUT2D eigenvalue weighted by Crippen LogP contribution is 2.37. The van der Waals surface area contributed by atoms with Crippen molar-refractivity contribution in [2.24, 2.45) is 0 Å². The highest BCUT2D eigenvalue weighted by atomic mass is 31.1. The van der Waals surface area contributed by atoms with Crippen LogP contribution in [0, 0.1) is 11.3 Å². The molecule has 1 rings (SSSR count). The van der Waals surface area contributed by atoms with Gasteiger partial charge in [0.25, 0.3) is 0 Å². The Morgan fingerprint density at radius 1 is 1.50 bits per heavy atom. The van der Waals surface area contributed by atoms with Crippen LogP contribution in [0.1, 0.15) is 0 Å². The molecule has 0 spiro atoms. The van der Waals surface area contributed by atoms with Crippen LogP contribution in [-0.2, 0) is 0 Å². The molecule has 0 nitrogen and oxygen atoms in total. The maximum atomic E-state index is 2.91. The molecule has 1 heteroatoms. The molecule has 0 aromatic heterocycles. The Labute approximate surface area is 27.0 Å². The molecule has 1 aliphatic rings. The molecular weight excluding hydrogens is 67.0 g/mol. The molecule has 0 aromatic rings. The van der Waals surface area contributed by atoms with Crippen molar-refractivity contribution in [3.63, 3.8) is 0 Å². The molecule has 0 radical (unpaired) electrons. The zero-order valence-corrected chi connectivity index (χ0v) is 3.34. The smallest absolute Gasteiger partial charge is 0.0478 e. The summed E-state index contributed by atoms with van der Waals surface area (Å²) in [5.74, 6) is 0. The van der Waals surface area contributed by atoms with E-state index in [0.29, 0.717) is 0 Å². The van der Waals surface area contributed by atoms with Crippen molar-refractivity contribution in [1.82, 2.24) is 0 Å². The van der Waals surface area contributed by atoms with E-state index in [9.17, 15) is 0 Å². The molecular formula is C3H3P. The third-order valence-electron chi connectivity index (χ3n) is 0.335. The normalized spacial score (nSPS) is 18.2. The Morgan fingerprint density at radius 3 is 1.75 bits per heavy atom. The molecule has 0 fully saturated rings. The minimum Gasteiger partial charge on any atom is -0.0577 e. The summed E-state index contributed by atoms with van der Waals surface area (Å²) in [5.41, 5.74) is 5.82. The first-order valence-electron chi connectivity index (χ1n) is 1.14. The predicted octanol–water partition coefficient (Wildman–Crippen LogP) is 1.03. The summed E-state index contributed by atoms with van der Waals surface area (Å²) in [5, 5.41) is 0. The van der Waals surface area contributed by atoms with Crippen LogP contribution in [0.5, 0.6) is 0 Å². The van der Waals surface area contributed by atoms with Gasteiger partial charge in [-0.3, -0.25) is 0 Å². The molecule has 0 bridgehead atoms. The Morgan fingerprint density at radius 2 is 1.75 bits per heavy atom. The van der Waals surface area contributed by atoms with Gasteiger partial charge >= 0.3 is 0 Å². The fraction of sp³-hybridized carbons (Fsp3) is 0.333. The van der Waals surface area contributed by atoms with Crippen molar-refractivity contribution in [2.75, 3.05) is 6.66 Å². The Bertz CT molecular complexity index is 67.0. The van der Waals surface area contributed by atoms with Crippen LogP contribution in [0.3, 0.4) is 0 Å². The first-order valence-corrected chi connectivity index (χ1v) is 2.93. The molecule has 0 atom stereocenters. The molecule has 1 heterocycles. The Hall–Kier alpha value is -0.0100. The second kappa shape index (κ2) is 0.476. The van der Waals surface area contributed by atoms with E-state index in [2.05, 4.69) is 18.0 Å². The summed E-state index contributed by atoms with van der Waals surface area (Å²) < 4.78 is 0. The first-order chi connectivity index (χ1) is 1.89. The quantitative estimate of drug-likeness (QED) is 0.295. The van der Waals surface area contributed by atoms with E-state index >= 15 is 0 Å². The van der Waals surface area contributed by atoms with Crippen LogP contribution in [0.4, 0.5) is 0 Å². The lowest BCUT2D eigenvalue weighted by molar-refractivity contribution is 2.46. The average Bonchev–Trinajstić information content (AvgIpc) is 1.75. The van der Waals surface area contributed by atoms with Crippen molar-refractivity contribution in [3.05, 3.63) is 0 Å². The zero-order chi connectivity index (χ0) is 2.99. The van der Waals surface area contributed by atoms with Gasteiger partial charge in [-0.1, -0.05) is 11.3 Å². The molecule has 0 saturated heterocycles. The van der Waals surface area contributed by atoms with E-state index in [0.717, 1.165) is 0 Å². The second-order valence-corrected chi connectivity index (χ2v) is 2.35. The molecule has 0 saturated carbocycles. The number of rotatable bonds is 0. The van der Waals surface area contributed by atoms with E-state index in [-0.39, 0.29) is 7.92 Å². The van der Waals surface area contributed by atoms with Crippen LogP contribution in [0.2, 0.25) is 0 Å². The summed E-state index contributed by atoms with van der Waals surface area (Å²) >= 11 is 0. The third kappa shape index (κ3) is 0.218. The van der Waals surface area contributed by atoms with Gasteiger partial charge in [0, 0.05) is 7.92 Å². The van der Waals surface area contributed by atoms with Gasteiger partial charge in [-0.25, -0.2) is 0 Å². The second-order valence-electron chi connectivity index (χ2n) is 0.783. The van der Waals surface area contributed by atoms with Gasteiger partial charge in [-0.15, -0.1) is 0 Å². The molecule has 4 heavy (non-hydrogen) atoms. The molecule has 0 N–H and O–H groups in total. The fourth-order valence-electron chi connectivity index (χ4n) is 0.0500. The SMILES string of the molecule is CP1C#C1. The van der Waals surface area contributed by atoms with Crippen LogP contribution >= 0.6 is 7.92 Å². The van der Waals surface area contributed by atoms with Crippen molar-refractivity contribution in [1.29, 1.82) is 0 Å². The van der Waals surface area contributed by atoms with Gasteiger partial charge in [0.15, 0.2) is 0 Å². The zero-order valence-electron chi connectivity index (χ0n) is 2.45. The van der Waals surface area contributed by atoms with E-state index in [1.165, 1.54) is 0 Å². The van der Waals surface area contributed by atoms with Gasteiger partial charge in [-0.2, -0.15) is 0 Å². The average molecular weight is 70.0 g/mol. The summed E-state index contributed by atoms with van der Waals surface area (Å²) in [6.07, 6.45) is 0. The van der Waals surface area contributed by atoms with Gasteiger partial charge in [-0.05, 0) is 6.66 Å². The van der Waals surface area contributed by atoms with Gasteiger partial charge in [0.2, 0.25) is 0 Å². The summed E-state index contributed by atoms with van der Waals surface area (Å²) in [6, 6.07) is 0. The monoisotopic (exact) mass is 70.0 g/mol. The van der Waals surface area contributed by atoms with E-state index in [1.54, 1.807) is 0 Å². The Balaban J connectivity index is 2.38. The van der Waals surface area contributed by atoms with Crippen LogP contribution in [0.15, 0.2) is 0 Å². The van der Waals surface area contributed by atoms with Crippen molar-refractivity contribution in [2.45, 2.75) is 0 Å². The van der Waals surface area contributed by atoms with E-state index < -0.39 is 0 Å². The van der Waals surface area contributed by atoms with Crippen molar-refractivity contribution >= 4 is 7.92 Å². The van der Waals surface area contributed by atoms with E-state index in [4.69, 9.17) is 0 Å². The maximum Gasteiger partial charge on any atom is 0.0478 e. The van der Waals surface area contributed by atoms with Crippen molar-refractivity contribution in [3.8, 4) is 11.3 Å². The lowest BCUT2D eigenvalue weighted by atomic mass is 11.4. The minimum atomic E-state index is 0.130. The summed E-state index contributed by atoms with van der Waals surface area (Å²) in [6.45, 7) is 2.12. The standard InChI is InChI=1S/C3H3P/c1-4-2-3-4/h1H3. The topological polar surface area (TPSA) is 0 Å². The Kier molecular flexibility index (Phi) is 0.266. The predicted molar refractivity (Wildman–Crippen MR) is 20.6 cm³/mol. The van der Waals surface area contributed by atoms with Crippen LogP contribution < -0.4 is 0 Å². The van der Waals surface area contributed by atoms with Crippen molar-refractivity contribution < 1.29 is 0 Å². The largest absolute Gasteiger partial charge is 0.0577 e. The summed E-state index contributed by atoms with van der Waals surface area (Å²) in [7, 11) is 0.130. The molecule has 0 unspecified atom stereocenters. The third-order valence-corrected chi connectivity index (χ3v) is 1.01. The molecule has 0 amide bonds. The highest BCUT2D eigenvalue weighted by Gasteiger charge is 1.95. The minimum absolute atomic E-state index is 0.130. The molecule has 20 valence electrons. The van der Waals surface area contributed by atoms with Crippen LogP contribution in [-0.4, -0.2) is 6.66 Å². The van der Waals surface area contributed by atoms with E-state index in [1.807, 2.05) is 0 Å².